The molecule has 0 spiro atoms. The van der Waals surface area contributed by atoms with Gasteiger partial charge in [-0.15, -0.1) is 0 Å². The molecule has 0 aliphatic carbocycles. The Balaban J connectivity index is 1.56. The van der Waals surface area contributed by atoms with Crippen LogP contribution in [0.4, 0.5) is 4.79 Å². The molecular formula is C20H26N2O5. The van der Waals surface area contributed by atoms with E-state index in [2.05, 4.69) is 5.32 Å². The molecule has 1 aromatic carbocycles. The molecule has 1 aromatic rings. The van der Waals surface area contributed by atoms with Gasteiger partial charge in [0.05, 0.1) is 12.1 Å². The average molecular weight is 374 g/mol. The zero-order valence-corrected chi connectivity index (χ0v) is 15.9. The number of esters is 1. The number of nitrogens with one attached hydrogen (secondary N) is 1. The van der Waals surface area contributed by atoms with E-state index in [0.29, 0.717) is 12.8 Å². The van der Waals surface area contributed by atoms with Crippen LogP contribution in [0.3, 0.4) is 0 Å². The smallest absolute Gasteiger partial charge is 0.407 e. The minimum atomic E-state index is -0.600. The van der Waals surface area contributed by atoms with Gasteiger partial charge in [-0.2, -0.15) is 0 Å². The second kappa shape index (κ2) is 7.58. The zero-order valence-electron chi connectivity index (χ0n) is 15.9. The monoisotopic (exact) mass is 374 g/mol. The largest absolute Gasteiger partial charge is 0.458 e. The van der Waals surface area contributed by atoms with Crippen molar-refractivity contribution in [2.45, 2.75) is 70.4 Å². The second-order valence-electron chi connectivity index (χ2n) is 8.01. The Bertz CT molecular complexity index is 713. The molecule has 7 heteroatoms. The zero-order chi connectivity index (χ0) is 19.6. The molecule has 7 nitrogen and oxygen atoms in total. The van der Waals surface area contributed by atoms with E-state index in [4.69, 9.17) is 9.47 Å². The number of alkyl carbamates (subject to hydrolysis) is 1. The van der Waals surface area contributed by atoms with E-state index in [9.17, 15) is 14.4 Å². The van der Waals surface area contributed by atoms with Gasteiger partial charge in [-0.3, -0.25) is 4.79 Å². The van der Waals surface area contributed by atoms with Crippen LogP contribution in [-0.2, 0) is 25.7 Å². The van der Waals surface area contributed by atoms with Crippen molar-refractivity contribution >= 4 is 18.0 Å². The highest BCUT2D eigenvalue weighted by Gasteiger charge is 2.51. The maximum Gasteiger partial charge on any atom is 0.407 e. The molecular weight excluding hydrogens is 348 g/mol. The fraction of sp³-hybridized carbons (Fsp3) is 0.550. The lowest BCUT2D eigenvalue weighted by Gasteiger charge is -2.27. The van der Waals surface area contributed by atoms with Gasteiger partial charge < -0.3 is 19.7 Å². The van der Waals surface area contributed by atoms with Crippen LogP contribution in [0, 0.1) is 0 Å². The first-order valence-electron chi connectivity index (χ1n) is 9.26. The van der Waals surface area contributed by atoms with Crippen LogP contribution in [0.5, 0.6) is 0 Å². The fourth-order valence-electron chi connectivity index (χ4n) is 3.69. The van der Waals surface area contributed by atoms with Gasteiger partial charge in [0.1, 0.15) is 18.2 Å². The third-order valence-corrected chi connectivity index (χ3v) is 4.77. The minimum Gasteiger partial charge on any atom is -0.458 e. The predicted octanol–water partition coefficient (Wildman–Crippen LogP) is 2.39. The van der Waals surface area contributed by atoms with Gasteiger partial charge in [-0.1, -0.05) is 30.3 Å². The van der Waals surface area contributed by atoms with E-state index in [1.807, 2.05) is 30.3 Å². The third kappa shape index (κ3) is 4.59. The quantitative estimate of drug-likeness (QED) is 0.818. The highest BCUT2D eigenvalue weighted by molar-refractivity contribution is 5.88. The Morgan fingerprint density at radius 2 is 1.89 bits per heavy atom. The summed E-state index contributed by atoms with van der Waals surface area (Å²) in [4.78, 5) is 38.5. The van der Waals surface area contributed by atoms with Gasteiger partial charge in [-0.25, -0.2) is 9.59 Å². The summed E-state index contributed by atoms with van der Waals surface area (Å²) in [6.45, 7) is 5.57. The Morgan fingerprint density at radius 1 is 1.19 bits per heavy atom. The van der Waals surface area contributed by atoms with Gasteiger partial charge in [0.15, 0.2) is 0 Å². The van der Waals surface area contributed by atoms with E-state index >= 15 is 0 Å². The lowest BCUT2D eigenvalue weighted by Crippen LogP contribution is -2.47. The van der Waals surface area contributed by atoms with Crippen molar-refractivity contribution in [3.8, 4) is 0 Å². The number of ether oxygens (including phenoxy) is 2. The summed E-state index contributed by atoms with van der Waals surface area (Å²) in [5.74, 6) is -0.521. The normalized spacial score (nSPS) is 24.5. The van der Waals surface area contributed by atoms with Gasteiger partial charge in [0.2, 0.25) is 5.91 Å². The summed E-state index contributed by atoms with van der Waals surface area (Å²) in [6, 6.07) is 8.26. The van der Waals surface area contributed by atoms with Crippen molar-refractivity contribution < 1.29 is 23.9 Å². The number of nitrogens with zero attached hydrogens (tertiary/aromatic N) is 1. The fourth-order valence-corrected chi connectivity index (χ4v) is 3.69. The lowest BCUT2D eigenvalue weighted by atomic mass is 10.1. The molecule has 2 aliphatic rings. The molecule has 27 heavy (non-hydrogen) atoms. The number of benzene rings is 1. The van der Waals surface area contributed by atoms with Crippen LogP contribution >= 0.6 is 0 Å². The summed E-state index contributed by atoms with van der Waals surface area (Å²) in [6.07, 6.45) is 0.811. The molecule has 2 heterocycles. The van der Waals surface area contributed by atoms with Crippen molar-refractivity contribution in [2.24, 2.45) is 0 Å². The second-order valence-corrected chi connectivity index (χ2v) is 8.01. The molecule has 0 saturated carbocycles. The number of hydrogen-bond acceptors (Lipinski definition) is 5. The van der Waals surface area contributed by atoms with Crippen LogP contribution in [0.2, 0.25) is 0 Å². The maximum absolute atomic E-state index is 12.4. The average Bonchev–Trinajstić information content (AvgIpc) is 3.15. The van der Waals surface area contributed by atoms with Crippen molar-refractivity contribution in [3.05, 3.63) is 35.9 Å². The molecule has 1 N–H and O–H groups in total. The molecule has 146 valence electrons. The Kier molecular flexibility index (Phi) is 5.39. The molecule has 1 unspecified atom stereocenters. The number of carbonyl (C=O) groups excluding carboxylic acids is 3. The predicted molar refractivity (Wildman–Crippen MR) is 97.7 cm³/mol. The first kappa shape index (κ1) is 19.2. The molecule has 2 fully saturated rings. The Labute approximate surface area is 159 Å². The summed E-state index contributed by atoms with van der Waals surface area (Å²) in [7, 11) is 0. The number of rotatable bonds is 4. The molecule has 2 amide bonds. The summed E-state index contributed by atoms with van der Waals surface area (Å²) in [5, 5.41) is 2.78. The Morgan fingerprint density at radius 3 is 2.56 bits per heavy atom. The van der Waals surface area contributed by atoms with Crippen molar-refractivity contribution in [2.75, 3.05) is 0 Å². The van der Waals surface area contributed by atoms with E-state index < -0.39 is 17.7 Å². The van der Waals surface area contributed by atoms with E-state index in [1.165, 1.54) is 0 Å². The van der Waals surface area contributed by atoms with Crippen LogP contribution < -0.4 is 5.32 Å². The van der Waals surface area contributed by atoms with Gasteiger partial charge in [0.25, 0.3) is 0 Å². The van der Waals surface area contributed by atoms with Gasteiger partial charge in [0, 0.05) is 6.42 Å². The van der Waals surface area contributed by atoms with Crippen LogP contribution in [0.15, 0.2) is 30.3 Å². The van der Waals surface area contributed by atoms with E-state index in [-0.39, 0.29) is 37.0 Å². The summed E-state index contributed by atoms with van der Waals surface area (Å²) < 4.78 is 10.7. The Hall–Kier alpha value is -2.57. The van der Waals surface area contributed by atoms with Gasteiger partial charge >= 0.3 is 12.1 Å². The van der Waals surface area contributed by atoms with Crippen molar-refractivity contribution in [1.82, 2.24) is 10.2 Å². The number of amides is 2. The number of hydrogen-bond donors (Lipinski definition) is 1. The topological polar surface area (TPSA) is 84.9 Å². The molecule has 2 saturated heterocycles. The van der Waals surface area contributed by atoms with Crippen LogP contribution in [0.1, 0.15) is 45.6 Å². The first-order chi connectivity index (χ1) is 12.7. The molecule has 0 bridgehead atoms. The van der Waals surface area contributed by atoms with Crippen LogP contribution in [0.25, 0.3) is 0 Å². The number of fused-ring (bicyclic) bond motifs is 1. The molecule has 3 rings (SSSR count). The standard InChI is InChI=1S/C20H26N2O5/c1-20(2,3)27-18(24)16-10-9-15-14(11-17(23)22(15)16)21-19(25)26-12-13-7-5-4-6-8-13/h4-8,14-16H,9-12H2,1-3H3,(H,21,25)/t14?,15-,16-/m0/s1. The van der Waals surface area contributed by atoms with Crippen molar-refractivity contribution in [3.63, 3.8) is 0 Å². The van der Waals surface area contributed by atoms with Crippen molar-refractivity contribution in [1.29, 1.82) is 0 Å². The third-order valence-electron chi connectivity index (χ3n) is 4.77. The minimum absolute atomic E-state index is 0.137. The van der Waals surface area contributed by atoms with Gasteiger partial charge in [-0.05, 0) is 39.2 Å². The van der Waals surface area contributed by atoms with E-state index in [1.54, 1.807) is 25.7 Å². The highest BCUT2D eigenvalue weighted by Crippen LogP contribution is 2.35. The lowest BCUT2D eigenvalue weighted by molar-refractivity contribution is -0.163. The molecule has 2 aliphatic heterocycles. The summed E-state index contributed by atoms with van der Waals surface area (Å²) in [5.41, 5.74) is 0.291. The number of carbonyl (C=O) groups is 3. The SMILES string of the molecule is CC(C)(C)OC(=O)[C@@H]1CC[C@H]2C(NC(=O)OCc3ccccc3)CC(=O)N12. The molecule has 0 radical (unpaired) electrons. The van der Waals surface area contributed by atoms with Crippen LogP contribution in [-0.4, -0.2) is 46.6 Å². The van der Waals surface area contributed by atoms with E-state index in [0.717, 1.165) is 5.56 Å². The highest BCUT2D eigenvalue weighted by atomic mass is 16.6. The molecule has 3 atom stereocenters. The first-order valence-corrected chi connectivity index (χ1v) is 9.26. The maximum atomic E-state index is 12.4. The molecule has 0 aromatic heterocycles. The summed E-state index contributed by atoms with van der Waals surface area (Å²) >= 11 is 0.